The summed E-state index contributed by atoms with van der Waals surface area (Å²) >= 11 is 0. The minimum Gasteiger partial charge on any atom is -0.385 e. The van der Waals surface area contributed by atoms with E-state index in [2.05, 4.69) is 10.6 Å². The highest BCUT2D eigenvalue weighted by molar-refractivity contribution is 7.40. The maximum Gasteiger partial charge on any atom is 0.330 e. The number of ether oxygens (including phenoxy) is 2. The SMILES string of the molecule is COCCCCC(=O)NCC(CNC(=O)CCCCOC)OP(O)OCCC#N. The van der Waals surface area contributed by atoms with Crippen molar-refractivity contribution < 1.29 is 33.0 Å². The molecule has 0 spiro atoms. The molecule has 0 aromatic rings. The molecule has 0 aliphatic heterocycles. The van der Waals surface area contributed by atoms with Crippen molar-refractivity contribution in [1.82, 2.24) is 10.6 Å². The maximum absolute atomic E-state index is 11.9. The van der Waals surface area contributed by atoms with Gasteiger partial charge in [-0.3, -0.25) is 9.59 Å². The number of hydrogen-bond acceptors (Lipinski definition) is 8. The Morgan fingerprint density at radius 1 is 0.966 bits per heavy atom. The summed E-state index contributed by atoms with van der Waals surface area (Å²) in [5, 5.41) is 14.0. The van der Waals surface area contributed by atoms with Gasteiger partial charge in [0.2, 0.25) is 11.8 Å². The van der Waals surface area contributed by atoms with Gasteiger partial charge < -0.3 is 34.0 Å². The van der Waals surface area contributed by atoms with E-state index in [0.29, 0.717) is 38.9 Å². The van der Waals surface area contributed by atoms with Crippen LogP contribution in [0.25, 0.3) is 0 Å². The highest BCUT2D eigenvalue weighted by atomic mass is 31.2. The van der Waals surface area contributed by atoms with Crippen LogP contribution in [0.3, 0.4) is 0 Å². The van der Waals surface area contributed by atoms with E-state index in [9.17, 15) is 14.5 Å². The van der Waals surface area contributed by atoms with Gasteiger partial charge in [-0.05, 0) is 25.7 Å². The van der Waals surface area contributed by atoms with Gasteiger partial charge in [-0.1, -0.05) is 0 Å². The monoisotopic (exact) mass is 435 g/mol. The quantitative estimate of drug-likeness (QED) is 0.204. The molecule has 0 saturated heterocycles. The van der Waals surface area contributed by atoms with E-state index in [1.54, 1.807) is 14.2 Å². The molecule has 10 nitrogen and oxygen atoms in total. The predicted octanol–water partition coefficient (Wildman–Crippen LogP) is 1.39. The minimum atomic E-state index is -2.21. The lowest BCUT2D eigenvalue weighted by Gasteiger charge is -2.21. The number of nitrogens with one attached hydrogen (secondary N) is 2. The summed E-state index contributed by atoms with van der Waals surface area (Å²) in [6.45, 7) is 1.49. The van der Waals surface area contributed by atoms with E-state index in [4.69, 9.17) is 23.8 Å². The second-order valence-electron chi connectivity index (χ2n) is 6.21. The zero-order valence-electron chi connectivity index (χ0n) is 17.4. The average molecular weight is 435 g/mol. The molecule has 0 heterocycles. The average Bonchev–Trinajstić information content (AvgIpc) is 2.70. The van der Waals surface area contributed by atoms with Crippen molar-refractivity contribution in [2.24, 2.45) is 0 Å². The van der Waals surface area contributed by atoms with Gasteiger partial charge in [-0.15, -0.1) is 0 Å². The molecule has 1 atom stereocenters. The van der Waals surface area contributed by atoms with Crippen LogP contribution in [0.5, 0.6) is 0 Å². The fraction of sp³-hybridized carbons (Fsp3) is 0.833. The zero-order chi connectivity index (χ0) is 21.7. The largest absolute Gasteiger partial charge is 0.385 e. The first kappa shape index (κ1) is 27.7. The Hall–Kier alpha value is -1.34. The molecule has 0 bridgehead atoms. The van der Waals surface area contributed by atoms with E-state index in [0.717, 1.165) is 12.8 Å². The summed E-state index contributed by atoms with van der Waals surface area (Å²) in [6.07, 6.45) is 3.17. The van der Waals surface area contributed by atoms with Crippen molar-refractivity contribution in [3.8, 4) is 6.07 Å². The lowest BCUT2D eigenvalue weighted by atomic mass is 10.2. The van der Waals surface area contributed by atoms with Crippen molar-refractivity contribution in [3.63, 3.8) is 0 Å². The Morgan fingerprint density at radius 2 is 1.48 bits per heavy atom. The summed E-state index contributed by atoms with van der Waals surface area (Å²) in [4.78, 5) is 33.7. The van der Waals surface area contributed by atoms with Crippen LogP contribution in [0.15, 0.2) is 0 Å². The first-order valence-electron chi connectivity index (χ1n) is 9.70. The van der Waals surface area contributed by atoms with E-state index in [1.807, 2.05) is 6.07 Å². The Balaban J connectivity index is 4.35. The molecular weight excluding hydrogens is 401 g/mol. The number of methoxy groups -OCH3 is 2. The molecule has 0 rings (SSSR count). The molecule has 3 N–H and O–H groups in total. The molecule has 168 valence electrons. The number of carbonyl (C=O) groups is 2. The molecule has 11 heteroatoms. The molecule has 0 aliphatic rings. The first-order chi connectivity index (χ1) is 14.0. The zero-order valence-corrected chi connectivity index (χ0v) is 18.2. The molecule has 29 heavy (non-hydrogen) atoms. The lowest BCUT2D eigenvalue weighted by molar-refractivity contribution is -0.121. The summed E-state index contributed by atoms with van der Waals surface area (Å²) < 4.78 is 20.3. The number of unbranched alkanes of at least 4 members (excludes halogenated alkanes) is 2. The smallest absolute Gasteiger partial charge is 0.330 e. The van der Waals surface area contributed by atoms with Crippen molar-refractivity contribution in [3.05, 3.63) is 0 Å². The van der Waals surface area contributed by atoms with E-state index in [-0.39, 0.29) is 37.9 Å². The number of hydrogen-bond donors (Lipinski definition) is 3. The van der Waals surface area contributed by atoms with Gasteiger partial charge in [-0.2, -0.15) is 5.26 Å². The molecule has 0 saturated carbocycles. The van der Waals surface area contributed by atoms with E-state index < -0.39 is 14.7 Å². The van der Waals surface area contributed by atoms with Crippen LogP contribution in [0.1, 0.15) is 44.9 Å². The molecule has 0 radical (unpaired) electrons. The van der Waals surface area contributed by atoms with Crippen LogP contribution in [-0.2, 0) is 28.1 Å². The number of rotatable bonds is 19. The maximum atomic E-state index is 11.9. The molecule has 0 aromatic carbocycles. The molecule has 0 aromatic heterocycles. The topological polar surface area (TPSA) is 139 Å². The van der Waals surface area contributed by atoms with Gasteiger partial charge in [0.15, 0.2) is 0 Å². The summed E-state index contributed by atoms with van der Waals surface area (Å²) in [7, 11) is 1.01. The summed E-state index contributed by atoms with van der Waals surface area (Å²) in [5.41, 5.74) is 0. The molecule has 2 amide bonds. The molecule has 0 aliphatic carbocycles. The van der Waals surface area contributed by atoms with Gasteiger partial charge in [-0.25, -0.2) is 0 Å². The van der Waals surface area contributed by atoms with Crippen molar-refractivity contribution in [1.29, 1.82) is 5.26 Å². The van der Waals surface area contributed by atoms with Crippen molar-refractivity contribution in [2.75, 3.05) is 47.1 Å². The van der Waals surface area contributed by atoms with E-state index >= 15 is 0 Å². The van der Waals surface area contributed by atoms with Gasteiger partial charge >= 0.3 is 8.60 Å². The third-order valence-corrected chi connectivity index (χ3v) is 4.60. The predicted molar refractivity (Wildman–Crippen MR) is 108 cm³/mol. The fourth-order valence-electron chi connectivity index (χ4n) is 2.17. The molecule has 0 fully saturated rings. The summed E-state index contributed by atoms with van der Waals surface area (Å²) in [6, 6.07) is 1.90. The highest BCUT2D eigenvalue weighted by Gasteiger charge is 2.18. The minimum absolute atomic E-state index is 0.0448. The van der Waals surface area contributed by atoms with Gasteiger partial charge in [0.25, 0.3) is 0 Å². The molecular formula is C18H34N3O7P. The highest BCUT2D eigenvalue weighted by Crippen LogP contribution is 2.34. The normalized spacial score (nSPS) is 11.8. The standard InChI is InChI=1S/C18H34N3O7P/c1-25-11-5-3-8-17(22)20-14-16(28-29(24)27-13-7-10-19)15-21-18(23)9-4-6-12-26-2/h16,24H,3-9,11-15H2,1-2H3,(H,20,22)(H,21,23). The van der Waals surface area contributed by atoms with Crippen molar-refractivity contribution >= 4 is 20.4 Å². The van der Waals surface area contributed by atoms with E-state index in [1.165, 1.54) is 0 Å². The van der Waals surface area contributed by atoms with Crippen LogP contribution in [-0.4, -0.2) is 69.9 Å². The van der Waals surface area contributed by atoms with Gasteiger partial charge in [0.1, 0.15) is 6.10 Å². The lowest BCUT2D eigenvalue weighted by Crippen LogP contribution is -2.41. The van der Waals surface area contributed by atoms with Crippen molar-refractivity contribution in [2.45, 2.75) is 51.0 Å². The number of nitrogens with zero attached hydrogens (tertiary/aromatic N) is 1. The van der Waals surface area contributed by atoms with Crippen LogP contribution >= 0.6 is 8.60 Å². The van der Waals surface area contributed by atoms with Crippen LogP contribution in [0.2, 0.25) is 0 Å². The van der Waals surface area contributed by atoms with Crippen LogP contribution in [0, 0.1) is 11.3 Å². The third kappa shape index (κ3) is 18.4. The Kier molecular flexibility index (Phi) is 19.0. The number of nitriles is 1. The second kappa shape index (κ2) is 20.0. The third-order valence-electron chi connectivity index (χ3n) is 3.71. The number of carbonyl (C=O) groups excluding carboxylic acids is 2. The first-order valence-corrected chi connectivity index (χ1v) is 10.8. The molecule has 1 unspecified atom stereocenters. The Bertz CT molecular complexity index is 449. The van der Waals surface area contributed by atoms with Crippen LogP contribution < -0.4 is 10.6 Å². The Morgan fingerprint density at radius 3 is 1.93 bits per heavy atom. The van der Waals surface area contributed by atoms with Gasteiger partial charge in [0.05, 0.1) is 19.1 Å². The fourth-order valence-corrected chi connectivity index (χ4v) is 2.88. The summed E-state index contributed by atoms with van der Waals surface area (Å²) in [5.74, 6) is -0.290. The number of amides is 2. The van der Waals surface area contributed by atoms with Crippen LogP contribution in [0.4, 0.5) is 0 Å². The van der Waals surface area contributed by atoms with Gasteiger partial charge in [0, 0.05) is 53.4 Å². The second-order valence-corrected chi connectivity index (χ2v) is 7.16. The Labute approximate surface area is 174 Å².